The second kappa shape index (κ2) is 6.47. The van der Waals surface area contributed by atoms with Gasteiger partial charge in [0, 0.05) is 11.1 Å². The molecule has 0 N–H and O–H groups in total. The Kier molecular flexibility index (Phi) is 6.02. The smallest absolute Gasteiger partial charge is 0.0670 e. The van der Waals surface area contributed by atoms with Crippen molar-refractivity contribution in [3.8, 4) is 0 Å². The number of para-hydroxylation sites is 1. The van der Waals surface area contributed by atoms with Crippen LogP contribution in [0.5, 0.6) is 0 Å². The zero-order chi connectivity index (χ0) is 12.8. The highest BCUT2D eigenvalue weighted by Crippen LogP contribution is 2.39. The fourth-order valence-electron chi connectivity index (χ4n) is 1.61. The molecule has 0 atom stereocenters. The Hall–Kier alpha value is -1.11. The molecule has 0 amide bonds. The molecule has 1 heterocycles. The highest BCUT2D eigenvalue weighted by atomic mass is 14.8. The van der Waals surface area contributed by atoms with Crippen LogP contribution in [0.2, 0.25) is 0 Å². The zero-order valence-corrected chi connectivity index (χ0v) is 11.8. The van der Waals surface area contributed by atoms with E-state index >= 15 is 0 Å². The van der Waals surface area contributed by atoms with Crippen molar-refractivity contribution < 1.29 is 0 Å². The maximum absolute atomic E-state index is 4.52. The van der Waals surface area contributed by atoms with Crippen molar-refractivity contribution in [2.24, 2.45) is 4.99 Å². The van der Waals surface area contributed by atoms with Crippen LogP contribution >= 0.6 is 0 Å². The molecule has 0 spiro atoms. The van der Waals surface area contributed by atoms with Crippen molar-refractivity contribution in [3.63, 3.8) is 0 Å². The third-order valence-corrected chi connectivity index (χ3v) is 2.77. The highest BCUT2D eigenvalue weighted by Gasteiger charge is 2.31. The lowest BCUT2D eigenvalue weighted by Gasteiger charge is -2.19. The molecule has 16 heavy (non-hydrogen) atoms. The summed E-state index contributed by atoms with van der Waals surface area (Å²) in [5.41, 5.74) is 3.84. The number of benzene rings is 1. The van der Waals surface area contributed by atoms with Gasteiger partial charge in [-0.25, -0.2) is 0 Å². The summed E-state index contributed by atoms with van der Waals surface area (Å²) in [5.74, 6) is 0. The van der Waals surface area contributed by atoms with Gasteiger partial charge in [-0.2, -0.15) is 0 Å². The van der Waals surface area contributed by atoms with Gasteiger partial charge in [0.25, 0.3) is 0 Å². The molecular weight excluding hydrogens is 194 g/mol. The molecule has 1 heteroatoms. The first-order chi connectivity index (χ1) is 7.62. The molecule has 1 aromatic rings. The molecule has 1 aliphatic rings. The number of rotatable bonds is 0. The van der Waals surface area contributed by atoms with Crippen molar-refractivity contribution in [2.45, 2.75) is 53.9 Å². The highest BCUT2D eigenvalue weighted by molar-refractivity contribution is 5.99. The van der Waals surface area contributed by atoms with Crippen LogP contribution in [-0.4, -0.2) is 5.71 Å². The van der Waals surface area contributed by atoms with Crippen molar-refractivity contribution in [3.05, 3.63) is 29.8 Å². The van der Waals surface area contributed by atoms with Gasteiger partial charge < -0.3 is 0 Å². The minimum Gasteiger partial charge on any atom is -0.257 e. The van der Waals surface area contributed by atoms with E-state index in [1.807, 2.05) is 33.8 Å². The lowest BCUT2D eigenvalue weighted by Crippen LogP contribution is -2.22. The van der Waals surface area contributed by atoms with Crippen LogP contribution in [0.3, 0.4) is 0 Å². The Morgan fingerprint density at radius 1 is 0.938 bits per heavy atom. The fraction of sp³-hybridized carbons (Fsp3) is 0.533. The number of fused-ring (bicyclic) bond motifs is 1. The molecule has 1 aromatic carbocycles. The van der Waals surface area contributed by atoms with E-state index in [1.54, 1.807) is 0 Å². The van der Waals surface area contributed by atoms with Gasteiger partial charge in [0.1, 0.15) is 0 Å². The van der Waals surface area contributed by atoms with E-state index in [1.165, 1.54) is 11.3 Å². The van der Waals surface area contributed by atoms with E-state index in [2.05, 4.69) is 44.0 Å². The standard InChI is InChI=1S/C11H13N.2C2H6/c1-8-11(2,3)9-6-4-5-7-10(9)12-8;2*1-2/h4-7H,1-3H3;2*1-2H3. The summed E-state index contributed by atoms with van der Waals surface area (Å²) in [4.78, 5) is 4.52. The second-order valence-corrected chi connectivity index (χ2v) is 3.84. The molecule has 0 bridgehead atoms. The minimum atomic E-state index is 0.136. The van der Waals surface area contributed by atoms with E-state index in [-0.39, 0.29) is 5.41 Å². The topological polar surface area (TPSA) is 12.4 Å². The molecule has 0 radical (unpaired) electrons. The summed E-state index contributed by atoms with van der Waals surface area (Å²) in [6, 6.07) is 8.36. The second-order valence-electron chi connectivity index (χ2n) is 3.84. The summed E-state index contributed by atoms with van der Waals surface area (Å²) in [7, 11) is 0. The monoisotopic (exact) mass is 219 g/mol. The van der Waals surface area contributed by atoms with Gasteiger partial charge in [-0.05, 0) is 18.6 Å². The van der Waals surface area contributed by atoms with Crippen LogP contribution in [0.4, 0.5) is 5.69 Å². The molecule has 0 fully saturated rings. The summed E-state index contributed by atoms with van der Waals surface area (Å²) in [6.45, 7) is 14.5. The largest absolute Gasteiger partial charge is 0.257 e. The van der Waals surface area contributed by atoms with E-state index < -0.39 is 0 Å². The van der Waals surface area contributed by atoms with E-state index in [0.29, 0.717) is 0 Å². The van der Waals surface area contributed by atoms with Gasteiger partial charge in [-0.3, -0.25) is 4.99 Å². The van der Waals surface area contributed by atoms with Crippen molar-refractivity contribution in [1.82, 2.24) is 0 Å². The van der Waals surface area contributed by atoms with Crippen LogP contribution in [0.25, 0.3) is 0 Å². The molecule has 0 aliphatic carbocycles. The first-order valence-electron chi connectivity index (χ1n) is 6.27. The fourth-order valence-corrected chi connectivity index (χ4v) is 1.61. The molecular formula is C15H25N. The van der Waals surface area contributed by atoms with Crippen LogP contribution < -0.4 is 0 Å². The maximum Gasteiger partial charge on any atom is 0.0670 e. The Balaban J connectivity index is 0.000000509. The number of hydrogen-bond acceptors (Lipinski definition) is 1. The average Bonchev–Trinajstić information content (AvgIpc) is 2.56. The summed E-state index contributed by atoms with van der Waals surface area (Å²) < 4.78 is 0. The van der Waals surface area contributed by atoms with Crippen LogP contribution in [0.15, 0.2) is 29.3 Å². The first-order valence-corrected chi connectivity index (χ1v) is 6.27. The Morgan fingerprint density at radius 3 is 1.94 bits per heavy atom. The van der Waals surface area contributed by atoms with E-state index in [4.69, 9.17) is 0 Å². The first kappa shape index (κ1) is 14.9. The van der Waals surface area contributed by atoms with Crippen molar-refractivity contribution in [1.29, 1.82) is 0 Å². The molecule has 0 aromatic heterocycles. The number of nitrogens with zero attached hydrogens (tertiary/aromatic N) is 1. The van der Waals surface area contributed by atoms with E-state index in [0.717, 1.165) is 5.69 Å². The molecule has 1 nitrogen and oxygen atoms in total. The Morgan fingerprint density at radius 2 is 1.44 bits per heavy atom. The molecule has 0 saturated carbocycles. The molecule has 0 saturated heterocycles. The van der Waals surface area contributed by atoms with E-state index in [9.17, 15) is 0 Å². The minimum absolute atomic E-state index is 0.136. The van der Waals surface area contributed by atoms with Crippen LogP contribution in [0, 0.1) is 0 Å². The average molecular weight is 219 g/mol. The van der Waals surface area contributed by atoms with Crippen LogP contribution in [0.1, 0.15) is 54.0 Å². The third kappa shape index (κ3) is 2.72. The summed E-state index contributed by atoms with van der Waals surface area (Å²) in [5, 5.41) is 0. The number of aliphatic imine (C=N–C) groups is 1. The van der Waals surface area contributed by atoms with Gasteiger partial charge in [0.05, 0.1) is 5.69 Å². The Labute approximate surface area is 101 Å². The van der Waals surface area contributed by atoms with Gasteiger partial charge in [0.15, 0.2) is 0 Å². The SMILES string of the molecule is CC.CC.CC1=Nc2ccccc2C1(C)C. The van der Waals surface area contributed by atoms with Gasteiger partial charge in [-0.15, -0.1) is 0 Å². The lowest BCUT2D eigenvalue weighted by molar-refractivity contribution is 0.733. The summed E-state index contributed by atoms with van der Waals surface area (Å²) >= 11 is 0. The lowest BCUT2D eigenvalue weighted by atomic mass is 9.82. The maximum atomic E-state index is 4.52. The van der Waals surface area contributed by atoms with Gasteiger partial charge in [-0.1, -0.05) is 59.7 Å². The quantitative estimate of drug-likeness (QED) is 0.574. The van der Waals surface area contributed by atoms with Crippen LogP contribution in [-0.2, 0) is 5.41 Å². The predicted molar refractivity (Wildman–Crippen MR) is 74.9 cm³/mol. The molecule has 1 aliphatic heterocycles. The third-order valence-electron chi connectivity index (χ3n) is 2.77. The molecule has 90 valence electrons. The zero-order valence-electron chi connectivity index (χ0n) is 11.8. The Bertz CT molecular complexity index is 348. The molecule has 0 unspecified atom stereocenters. The number of hydrogen-bond donors (Lipinski definition) is 0. The van der Waals surface area contributed by atoms with Gasteiger partial charge >= 0.3 is 0 Å². The molecule has 2 rings (SSSR count). The summed E-state index contributed by atoms with van der Waals surface area (Å²) in [6.07, 6.45) is 0. The predicted octanol–water partition coefficient (Wildman–Crippen LogP) is 5.12. The van der Waals surface area contributed by atoms with Crippen molar-refractivity contribution >= 4 is 11.4 Å². The normalized spacial score (nSPS) is 14.8. The van der Waals surface area contributed by atoms with Gasteiger partial charge in [0.2, 0.25) is 0 Å². The van der Waals surface area contributed by atoms with Crippen molar-refractivity contribution in [2.75, 3.05) is 0 Å².